The maximum Gasteiger partial charge on any atom is 0.268 e. The lowest BCUT2D eigenvalue weighted by Gasteiger charge is -2.18. The molecule has 8 heteroatoms. The highest BCUT2D eigenvalue weighted by Gasteiger charge is 2.30. The normalized spacial score (nSPS) is 18.5. The van der Waals surface area contributed by atoms with Gasteiger partial charge in [0.1, 0.15) is 11.5 Å². The van der Waals surface area contributed by atoms with E-state index in [1.54, 1.807) is 23.6 Å². The zero-order valence-electron chi connectivity index (χ0n) is 14.6. The van der Waals surface area contributed by atoms with Gasteiger partial charge in [-0.05, 0) is 36.4 Å². The van der Waals surface area contributed by atoms with Gasteiger partial charge in [-0.1, -0.05) is 0 Å². The van der Waals surface area contributed by atoms with Crippen molar-refractivity contribution < 1.29 is 9.59 Å². The average Bonchev–Trinajstić information content (AvgIpc) is 3.42. The van der Waals surface area contributed by atoms with E-state index in [2.05, 4.69) is 20.6 Å². The summed E-state index contributed by atoms with van der Waals surface area (Å²) in [6, 6.07) is 5.61. The predicted molar refractivity (Wildman–Crippen MR) is 104 cm³/mol. The van der Waals surface area contributed by atoms with Gasteiger partial charge in [-0.15, -0.1) is 11.3 Å². The largest absolute Gasteiger partial charge is 0.369 e. The van der Waals surface area contributed by atoms with E-state index in [1.807, 2.05) is 22.4 Å². The van der Waals surface area contributed by atoms with Crippen LogP contribution in [0.25, 0.3) is 10.2 Å². The molecule has 1 fully saturated rings. The fourth-order valence-corrected chi connectivity index (χ4v) is 4.65. The molecule has 7 nitrogen and oxygen atoms in total. The lowest BCUT2D eigenvalue weighted by molar-refractivity contribution is 0.0782. The number of thiophene rings is 1. The molecule has 3 N–H and O–H groups in total. The number of carbonyl (C=O) groups excluding carboxylic acids is 2. The molecular weight excluding hydrogens is 362 g/mol. The monoisotopic (exact) mass is 381 g/mol. The number of likely N-dealkylation sites (tertiary alicyclic amines) is 1. The van der Waals surface area contributed by atoms with Crippen LogP contribution in [0.15, 0.2) is 29.8 Å². The van der Waals surface area contributed by atoms with Crippen LogP contribution in [-0.2, 0) is 6.42 Å². The van der Waals surface area contributed by atoms with Crippen LogP contribution in [-0.4, -0.2) is 52.4 Å². The lowest BCUT2D eigenvalue weighted by Crippen LogP contribution is -2.38. The lowest BCUT2D eigenvalue weighted by atomic mass is 10.1. The summed E-state index contributed by atoms with van der Waals surface area (Å²) in [5.74, 6) is 0.720. The van der Waals surface area contributed by atoms with Gasteiger partial charge in [0.2, 0.25) is 0 Å². The Labute approximate surface area is 159 Å². The minimum atomic E-state index is -0.119. The van der Waals surface area contributed by atoms with Crippen molar-refractivity contribution in [3.63, 3.8) is 0 Å². The summed E-state index contributed by atoms with van der Waals surface area (Å²) in [5.41, 5.74) is 3.27. The van der Waals surface area contributed by atoms with Crippen molar-refractivity contribution in [3.05, 3.63) is 46.6 Å². The second-order valence-electron chi connectivity index (χ2n) is 6.95. The van der Waals surface area contributed by atoms with Gasteiger partial charge < -0.3 is 20.5 Å². The topological polar surface area (TPSA) is 90.1 Å². The van der Waals surface area contributed by atoms with Crippen LogP contribution in [0.1, 0.15) is 32.8 Å². The van der Waals surface area contributed by atoms with Gasteiger partial charge >= 0.3 is 0 Å². The van der Waals surface area contributed by atoms with Crippen molar-refractivity contribution in [2.75, 3.05) is 25.0 Å². The highest BCUT2D eigenvalue weighted by molar-refractivity contribution is 7.17. The molecule has 0 bridgehead atoms. The van der Waals surface area contributed by atoms with Crippen LogP contribution in [0.3, 0.4) is 0 Å². The Bertz CT molecular complexity index is 1010. The van der Waals surface area contributed by atoms with E-state index < -0.39 is 0 Å². The minimum absolute atomic E-state index is 0.0227. The molecule has 5 heterocycles. The maximum absolute atomic E-state index is 12.9. The van der Waals surface area contributed by atoms with Gasteiger partial charge in [-0.3, -0.25) is 9.59 Å². The number of anilines is 1. The number of H-pyrrole nitrogens is 1. The molecule has 0 radical (unpaired) electrons. The fourth-order valence-electron chi connectivity index (χ4n) is 3.87. The summed E-state index contributed by atoms with van der Waals surface area (Å²) in [4.78, 5) is 34.7. The Balaban J connectivity index is 1.26. The number of pyridine rings is 1. The number of hydrogen-bond donors (Lipinski definition) is 3. The number of amides is 2. The van der Waals surface area contributed by atoms with Gasteiger partial charge in [0.05, 0.1) is 10.2 Å². The third-order valence-electron chi connectivity index (χ3n) is 5.25. The molecule has 0 saturated carbocycles. The van der Waals surface area contributed by atoms with Gasteiger partial charge in [-0.2, -0.15) is 0 Å². The second-order valence-corrected chi connectivity index (χ2v) is 7.90. The molecule has 2 amide bonds. The van der Waals surface area contributed by atoms with Gasteiger partial charge in [0, 0.05) is 43.0 Å². The molecule has 2 aliphatic heterocycles. The maximum atomic E-state index is 12.9. The van der Waals surface area contributed by atoms with Crippen molar-refractivity contribution >= 4 is 39.2 Å². The summed E-state index contributed by atoms with van der Waals surface area (Å²) in [7, 11) is 0. The first-order valence-corrected chi connectivity index (χ1v) is 9.95. The van der Waals surface area contributed by atoms with Gasteiger partial charge in [0.25, 0.3) is 11.8 Å². The molecule has 3 aromatic heterocycles. The minimum Gasteiger partial charge on any atom is -0.369 e. The summed E-state index contributed by atoms with van der Waals surface area (Å²) in [6.45, 7) is 2.00. The first-order valence-electron chi connectivity index (χ1n) is 9.07. The molecule has 0 aliphatic carbocycles. The van der Waals surface area contributed by atoms with E-state index in [9.17, 15) is 9.59 Å². The zero-order chi connectivity index (χ0) is 18.4. The number of aromatic nitrogens is 2. The number of rotatable bonds is 3. The highest BCUT2D eigenvalue weighted by Crippen LogP contribution is 2.25. The Morgan fingerprint density at radius 3 is 3.15 bits per heavy atom. The number of carbonyl (C=O) groups is 2. The quantitative estimate of drug-likeness (QED) is 0.649. The van der Waals surface area contributed by atoms with Crippen molar-refractivity contribution in [3.8, 4) is 0 Å². The number of fused-ring (bicyclic) bond motifs is 2. The number of hydrogen-bond acceptors (Lipinski definition) is 5. The third-order valence-corrected chi connectivity index (χ3v) is 6.11. The Kier molecular flexibility index (Phi) is 3.86. The Hall–Kier alpha value is -2.87. The summed E-state index contributed by atoms with van der Waals surface area (Å²) in [5, 5.41) is 8.25. The molecule has 0 unspecified atom stereocenters. The van der Waals surface area contributed by atoms with E-state index in [4.69, 9.17) is 0 Å². The van der Waals surface area contributed by atoms with Gasteiger partial charge in [-0.25, -0.2) is 4.98 Å². The molecule has 0 aromatic carbocycles. The Morgan fingerprint density at radius 1 is 1.33 bits per heavy atom. The second kappa shape index (κ2) is 6.38. The highest BCUT2D eigenvalue weighted by atomic mass is 32.1. The van der Waals surface area contributed by atoms with Crippen LogP contribution in [0.4, 0.5) is 5.82 Å². The number of aromatic amines is 1. The van der Waals surface area contributed by atoms with Crippen molar-refractivity contribution in [2.24, 2.45) is 0 Å². The van der Waals surface area contributed by atoms with Crippen LogP contribution in [0, 0.1) is 0 Å². The van der Waals surface area contributed by atoms with Crippen LogP contribution in [0.2, 0.25) is 0 Å². The number of nitrogens with zero attached hydrogens (tertiary/aromatic N) is 2. The molecule has 27 heavy (non-hydrogen) atoms. The summed E-state index contributed by atoms with van der Waals surface area (Å²) in [6.07, 6.45) is 3.26. The first kappa shape index (κ1) is 16.3. The summed E-state index contributed by atoms with van der Waals surface area (Å²) < 4.78 is 1.07. The Morgan fingerprint density at radius 2 is 2.26 bits per heavy atom. The van der Waals surface area contributed by atoms with Gasteiger partial charge in [0.15, 0.2) is 0 Å². The molecule has 0 spiro atoms. The summed E-state index contributed by atoms with van der Waals surface area (Å²) >= 11 is 1.61. The zero-order valence-corrected chi connectivity index (χ0v) is 15.4. The van der Waals surface area contributed by atoms with E-state index in [0.717, 1.165) is 46.5 Å². The van der Waals surface area contributed by atoms with Crippen LogP contribution < -0.4 is 10.6 Å². The SMILES string of the molecule is O=C(N[C@@H]1CCN(C(=O)c2ccnc3c2CCN3)C1)c1cc2sccc2[nH]1. The molecule has 1 saturated heterocycles. The predicted octanol–water partition coefficient (Wildman–Crippen LogP) is 2.24. The molecule has 5 rings (SSSR count). The number of nitrogens with one attached hydrogen (secondary N) is 3. The average molecular weight is 381 g/mol. The standard InChI is InChI=1S/C19H19N5O2S/c25-18(15-9-16-14(23-15)4-8-27-16)22-11-3-7-24(10-11)19(26)13-2-6-21-17-12(13)1-5-20-17/h2,4,6,8-9,11,23H,1,3,5,7,10H2,(H,20,21)(H,22,25)/t11-/m1/s1. The van der Waals surface area contributed by atoms with E-state index >= 15 is 0 Å². The molecular formula is C19H19N5O2S. The van der Waals surface area contributed by atoms with Crippen molar-refractivity contribution in [2.45, 2.75) is 18.9 Å². The van der Waals surface area contributed by atoms with Crippen LogP contribution in [0.5, 0.6) is 0 Å². The molecule has 2 aliphatic rings. The van der Waals surface area contributed by atoms with Crippen LogP contribution >= 0.6 is 11.3 Å². The fraction of sp³-hybridized carbons (Fsp3) is 0.316. The third kappa shape index (κ3) is 2.86. The van der Waals surface area contributed by atoms with Crippen molar-refractivity contribution in [1.82, 2.24) is 20.2 Å². The molecule has 3 aromatic rings. The smallest absolute Gasteiger partial charge is 0.268 e. The van der Waals surface area contributed by atoms with E-state index in [1.165, 1.54) is 0 Å². The molecule has 138 valence electrons. The van der Waals surface area contributed by atoms with E-state index in [0.29, 0.717) is 18.8 Å². The first-order chi connectivity index (χ1) is 13.2. The van der Waals surface area contributed by atoms with Crippen molar-refractivity contribution in [1.29, 1.82) is 0 Å². The molecule has 1 atom stereocenters. The van der Waals surface area contributed by atoms with E-state index in [-0.39, 0.29) is 17.9 Å².